The molecule has 13 heavy (non-hydrogen) atoms. The van der Waals surface area contributed by atoms with Crippen LogP contribution in [0.25, 0.3) is 0 Å². The molecule has 1 saturated carbocycles. The van der Waals surface area contributed by atoms with Crippen LogP contribution >= 0.6 is 0 Å². The second-order valence-corrected chi connectivity index (χ2v) is 4.28. The van der Waals surface area contributed by atoms with Gasteiger partial charge in [-0.05, 0) is 18.8 Å². The fourth-order valence-electron chi connectivity index (χ4n) is 2.69. The van der Waals surface area contributed by atoms with Crippen LogP contribution in [0.3, 0.4) is 0 Å². The van der Waals surface area contributed by atoms with Gasteiger partial charge in [0.2, 0.25) is 11.8 Å². The van der Waals surface area contributed by atoms with Crippen molar-refractivity contribution in [3.8, 4) is 0 Å². The van der Waals surface area contributed by atoms with E-state index in [9.17, 15) is 9.59 Å². The normalized spacial score (nSPS) is 39.5. The number of hydrogen-bond donors (Lipinski definition) is 0. The minimum absolute atomic E-state index is 0.00116. The lowest BCUT2D eigenvalue weighted by atomic mass is 9.74. The summed E-state index contributed by atoms with van der Waals surface area (Å²) in [4.78, 5) is 24.6. The number of hydrogen-bond acceptors (Lipinski definition) is 2. The van der Waals surface area contributed by atoms with Crippen LogP contribution in [0.15, 0.2) is 0 Å². The monoisotopic (exact) mass is 181 g/mol. The van der Waals surface area contributed by atoms with Gasteiger partial charge < -0.3 is 0 Å². The molecule has 1 aliphatic carbocycles. The van der Waals surface area contributed by atoms with Crippen LogP contribution in [0, 0.1) is 17.8 Å². The molecule has 3 heteroatoms. The maximum absolute atomic E-state index is 11.7. The third-order valence-electron chi connectivity index (χ3n) is 3.48. The van der Waals surface area contributed by atoms with Gasteiger partial charge in [-0.2, -0.15) is 0 Å². The molecule has 3 atom stereocenters. The maximum Gasteiger partial charge on any atom is 0.233 e. The Balaban J connectivity index is 2.29. The summed E-state index contributed by atoms with van der Waals surface area (Å²) in [5, 5.41) is 0. The number of rotatable bonds is 0. The number of carbonyl (C=O) groups excluding carboxylic acids is 2. The number of amides is 2. The summed E-state index contributed by atoms with van der Waals surface area (Å²) in [6.07, 6.45) is 3.09. The molecule has 1 aliphatic heterocycles. The van der Waals surface area contributed by atoms with Crippen molar-refractivity contribution < 1.29 is 9.59 Å². The van der Waals surface area contributed by atoms with Crippen LogP contribution in [-0.4, -0.2) is 23.8 Å². The predicted octanol–water partition coefficient (Wildman–Crippen LogP) is 1.04. The predicted molar refractivity (Wildman–Crippen MR) is 47.8 cm³/mol. The van der Waals surface area contributed by atoms with Crippen molar-refractivity contribution in [2.45, 2.75) is 26.2 Å². The lowest BCUT2D eigenvalue weighted by Gasteiger charge is -2.27. The lowest BCUT2D eigenvalue weighted by molar-refractivity contribution is -0.138. The van der Waals surface area contributed by atoms with Crippen LogP contribution < -0.4 is 0 Å². The summed E-state index contributed by atoms with van der Waals surface area (Å²) in [5.41, 5.74) is 0. The molecule has 0 radical (unpaired) electrons. The van der Waals surface area contributed by atoms with E-state index in [1.165, 1.54) is 4.90 Å². The number of likely N-dealkylation sites (tertiary alicyclic amines) is 1. The summed E-state index contributed by atoms with van der Waals surface area (Å²) >= 11 is 0. The van der Waals surface area contributed by atoms with Crippen LogP contribution in [0.5, 0.6) is 0 Å². The molecule has 2 amide bonds. The fraction of sp³-hybridized carbons (Fsp3) is 0.800. The minimum atomic E-state index is -0.00810. The highest BCUT2D eigenvalue weighted by Crippen LogP contribution is 2.40. The molecule has 2 fully saturated rings. The maximum atomic E-state index is 11.7. The zero-order valence-corrected chi connectivity index (χ0v) is 8.12. The third kappa shape index (κ3) is 1.10. The van der Waals surface area contributed by atoms with Gasteiger partial charge in [-0.3, -0.25) is 14.5 Å². The van der Waals surface area contributed by atoms with Crippen molar-refractivity contribution in [1.29, 1.82) is 0 Å². The van der Waals surface area contributed by atoms with Crippen molar-refractivity contribution in [1.82, 2.24) is 4.90 Å². The van der Waals surface area contributed by atoms with Gasteiger partial charge in [0, 0.05) is 7.05 Å². The van der Waals surface area contributed by atoms with Gasteiger partial charge >= 0.3 is 0 Å². The highest BCUT2D eigenvalue weighted by Gasteiger charge is 2.49. The molecule has 0 aromatic rings. The molecule has 0 aromatic heterocycles. The Morgan fingerprint density at radius 3 is 2.54 bits per heavy atom. The van der Waals surface area contributed by atoms with Gasteiger partial charge in [-0.15, -0.1) is 0 Å². The minimum Gasteiger partial charge on any atom is -0.285 e. The van der Waals surface area contributed by atoms with Gasteiger partial charge in [0.25, 0.3) is 0 Å². The van der Waals surface area contributed by atoms with Crippen LogP contribution in [0.1, 0.15) is 26.2 Å². The second kappa shape index (κ2) is 2.82. The van der Waals surface area contributed by atoms with Crippen molar-refractivity contribution in [2.75, 3.05) is 7.05 Å². The molecule has 0 aromatic carbocycles. The van der Waals surface area contributed by atoms with E-state index in [2.05, 4.69) is 6.92 Å². The average Bonchev–Trinajstić information content (AvgIpc) is 2.33. The Morgan fingerprint density at radius 2 is 1.92 bits per heavy atom. The molecule has 2 aliphatic rings. The van der Waals surface area contributed by atoms with E-state index in [1.54, 1.807) is 7.05 Å². The average molecular weight is 181 g/mol. The molecule has 0 spiro atoms. The Bertz CT molecular complexity index is 262. The quantitative estimate of drug-likeness (QED) is 0.523. The second-order valence-electron chi connectivity index (χ2n) is 4.28. The molecular weight excluding hydrogens is 166 g/mol. The molecule has 3 nitrogen and oxygen atoms in total. The SMILES string of the molecule is CC1CCCC2C(=O)N(C)C(=O)C12. The first kappa shape index (κ1) is 8.73. The number of fused-ring (bicyclic) bond motifs is 1. The van der Waals surface area contributed by atoms with Crippen molar-refractivity contribution in [3.63, 3.8) is 0 Å². The van der Waals surface area contributed by atoms with Gasteiger partial charge in [0.1, 0.15) is 0 Å². The molecule has 1 saturated heterocycles. The van der Waals surface area contributed by atoms with E-state index in [-0.39, 0.29) is 23.7 Å². The smallest absolute Gasteiger partial charge is 0.233 e. The highest BCUT2D eigenvalue weighted by molar-refractivity contribution is 6.05. The summed E-state index contributed by atoms with van der Waals surface area (Å²) in [6.45, 7) is 2.08. The molecular formula is C10H15NO2. The molecule has 3 unspecified atom stereocenters. The van der Waals surface area contributed by atoms with E-state index in [1.807, 2.05) is 0 Å². The van der Waals surface area contributed by atoms with Crippen LogP contribution in [0.2, 0.25) is 0 Å². The van der Waals surface area contributed by atoms with Gasteiger partial charge in [0.15, 0.2) is 0 Å². The van der Waals surface area contributed by atoms with E-state index < -0.39 is 0 Å². The summed E-state index contributed by atoms with van der Waals surface area (Å²) in [6, 6.07) is 0. The topological polar surface area (TPSA) is 37.4 Å². The Labute approximate surface area is 78.1 Å². The first-order chi connectivity index (χ1) is 6.13. The van der Waals surface area contributed by atoms with Gasteiger partial charge in [0.05, 0.1) is 11.8 Å². The first-order valence-corrected chi connectivity index (χ1v) is 4.94. The molecule has 0 bridgehead atoms. The zero-order chi connectivity index (χ0) is 9.59. The first-order valence-electron chi connectivity index (χ1n) is 4.94. The van der Waals surface area contributed by atoms with Gasteiger partial charge in [-0.1, -0.05) is 13.3 Å². The zero-order valence-electron chi connectivity index (χ0n) is 8.12. The lowest BCUT2D eigenvalue weighted by Crippen LogP contribution is -2.29. The Kier molecular flexibility index (Phi) is 1.90. The van der Waals surface area contributed by atoms with E-state index in [0.29, 0.717) is 5.92 Å². The van der Waals surface area contributed by atoms with E-state index >= 15 is 0 Å². The molecule has 72 valence electrons. The highest BCUT2D eigenvalue weighted by atomic mass is 16.2. The summed E-state index contributed by atoms with van der Waals surface area (Å²) in [5.74, 6) is 0.469. The number of imide groups is 1. The van der Waals surface area contributed by atoms with E-state index in [0.717, 1.165) is 19.3 Å². The largest absolute Gasteiger partial charge is 0.285 e. The van der Waals surface area contributed by atoms with Crippen LogP contribution in [-0.2, 0) is 9.59 Å². The van der Waals surface area contributed by atoms with Gasteiger partial charge in [-0.25, -0.2) is 0 Å². The summed E-state index contributed by atoms with van der Waals surface area (Å²) < 4.78 is 0. The van der Waals surface area contributed by atoms with Crippen LogP contribution in [0.4, 0.5) is 0 Å². The Hall–Kier alpha value is -0.860. The number of nitrogens with zero attached hydrogens (tertiary/aromatic N) is 1. The third-order valence-corrected chi connectivity index (χ3v) is 3.48. The molecule has 1 heterocycles. The Morgan fingerprint density at radius 1 is 1.23 bits per heavy atom. The fourth-order valence-corrected chi connectivity index (χ4v) is 2.69. The van der Waals surface area contributed by atoms with E-state index in [4.69, 9.17) is 0 Å². The van der Waals surface area contributed by atoms with Crippen molar-refractivity contribution >= 4 is 11.8 Å². The molecule has 2 rings (SSSR count). The van der Waals surface area contributed by atoms with Crippen molar-refractivity contribution in [2.24, 2.45) is 17.8 Å². The molecule has 0 N–H and O–H groups in total. The standard InChI is InChI=1S/C10H15NO2/c1-6-4-3-5-7-8(6)10(13)11(2)9(7)12/h6-8H,3-5H2,1-2H3. The van der Waals surface area contributed by atoms with Crippen molar-refractivity contribution in [3.05, 3.63) is 0 Å². The number of carbonyl (C=O) groups is 2. The summed E-state index contributed by atoms with van der Waals surface area (Å²) in [7, 11) is 1.61.